The van der Waals surface area contributed by atoms with Crippen LogP contribution in [-0.2, 0) is 6.42 Å². The Morgan fingerprint density at radius 2 is 2.35 bits per heavy atom. The molecule has 0 spiro atoms. The van der Waals surface area contributed by atoms with Gasteiger partial charge >= 0.3 is 0 Å². The van der Waals surface area contributed by atoms with E-state index in [1.165, 1.54) is 30.6 Å². The van der Waals surface area contributed by atoms with Crippen molar-refractivity contribution in [1.82, 2.24) is 4.90 Å². The number of benzene rings is 1. The van der Waals surface area contributed by atoms with E-state index < -0.39 is 0 Å². The molecule has 3 rings (SSSR count). The Kier molecular flexibility index (Phi) is 2.93. The molecule has 0 saturated carbocycles. The normalized spacial score (nSPS) is 24.2. The first-order chi connectivity index (χ1) is 8.31. The lowest BCUT2D eigenvalue weighted by Crippen LogP contribution is -2.38. The second kappa shape index (κ2) is 4.57. The van der Waals surface area contributed by atoms with Gasteiger partial charge < -0.3 is 15.0 Å². The van der Waals surface area contributed by atoms with E-state index in [-0.39, 0.29) is 0 Å². The molecule has 0 amide bonds. The molecule has 0 aliphatic carbocycles. The molecule has 1 unspecified atom stereocenters. The van der Waals surface area contributed by atoms with Gasteiger partial charge in [-0.25, -0.2) is 0 Å². The van der Waals surface area contributed by atoms with E-state index in [2.05, 4.69) is 35.5 Å². The van der Waals surface area contributed by atoms with Crippen molar-refractivity contribution >= 4 is 5.69 Å². The third-order valence-electron chi connectivity index (χ3n) is 3.68. The van der Waals surface area contributed by atoms with Crippen LogP contribution in [0.15, 0.2) is 18.2 Å². The van der Waals surface area contributed by atoms with Crippen LogP contribution >= 0.6 is 0 Å². The molecule has 2 aliphatic heterocycles. The number of ether oxygens (including phenoxy) is 1. The van der Waals surface area contributed by atoms with Crippen molar-refractivity contribution in [2.45, 2.75) is 25.4 Å². The summed E-state index contributed by atoms with van der Waals surface area (Å²) in [5, 5.41) is 3.40. The summed E-state index contributed by atoms with van der Waals surface area (Å²) in [6.45, 7) is 3.31. The van der Waals surface area contributed by atoms with Gasteiger partial charge in [-0.2, -0.15) is 0 Å². The highest BCUT2D eigenvalue weighted by Gasteiger charge is 2.19. The molecule has 0 bridgehead atoms. The van der Waals surface area contributed by atoms with Crippen LogP contribution in [0.3, 0.4) is 0 Å². The molecular weight excluding hydrogens is 212 g/mol. The van der Waals surface area contributed by atoms with E-state index in [9.17, 15) is 0 Å². The van der Waals surface area contributed by atoms with Crippen molar-refractivity contribution in [3.8, 4) is 5.75 Å². The van der Waals surface area contributed by atoms with Crippen LogP contribution in [0.1, 0.15) is 18.4 Å². The number of hydrogen-bond acceptors (Lipinski definition) is 3. The average molecular weight is 232 g/mol. The first-order valence-electron chi connectivity index (χ1n) is 6.53. The lowest BCUT2D eigenvalue weighted by atomic mass is 10.1. The summed E-state index contributed by atoms with van der Waals surface area (Å²) in [5.74, 6) is 1.01. The highest BCUT2D eigenvalue weighted by Crippen LogP contribution is 2.28. The topological polar surface area (TPSA) is 24.5 Å². The highest BCUT2D eigenvalue weighted by atomic mass is 16.5. The summed E-state index contributed by atoms with van der Waals surface area (Å²) in [7, 11) is 2.17. The Morgan fingerprint density at radius 3 is 3.24 bits per heavy atom. The number of likely N-dealkylation sites (tertiary alicyclic amines) is 1. The maximum absolute atomic E-state index is 6.07. The number of fused-ring (bicyclic) bond motifs is 1. The summed E-state index contributed by atoms with van der Waals surface area (Å²) in [4.78, 5) is 2.35. The molecule has 1 saturated heterocycles. The van der Waals surface area contributed by atoms with E-state index in [1.807, 2.05) is 0 Å². The van der Waals surface area contributed by atoms with Gasteiger partial charge in [0.2, 0.25) is 0 Å². The lowest BCUT2D eigenvalue weighted by Gasteiger charge is -2.30. The lowest BCUT2D eigenvalue weighted by molar-refractivity contribution is 0.104. The number of rotatable bonds is 2. The van der Waals surface area contributed by atoms with Gasteiger partial charge in [0.25, 0.3) is 0 Å². The monoisotopic (exact) mass is 232 g/mol. The maximum Gasteiger partial charge on any atom is 0.121 e. The summed E-state index contributed by atoms with van der Waals surface area (Å²) in [6.07, 6.45) is 3.91. The smallest absolute Gasteiger partial charge is 0.121 e. The van der Waals surface area contributed by atoms with Gasteiger partial charge in [-0.3, -0.25) is 0 Å². The Labute approximate surface area is 103 Å². The van der Waals surface area contributed by atoms with Crippen LogP contribution in [0.4, 0.5) is 5.69 Å². The molecular formula is C14H20N2O. The Bertz CT molecular complexity index is 405. The third-order valence-corrected chi connectivity index (χ3v) is 3.68. The Morgan fingerprint density at radius 1 is 1.41 bits per heavy atom. The maximum atomic E-state index is 6.07. The number of nitrogens with zero attached hydrogens (tertiary/aromatic N) is 1. The van der Waals surface area contributed by atoms with Gasteiger partial charge in [-0.1, -0.05) is 6.07 Å². The summed E-state index contributed by atoms with van der Waals surface area (Å²) in [6, 6.07) is 6.45. The van der Waals surface area contributed by atoms with Crippen molar-refractivity contribution in [2.24, 2.45) is 0 Å². The molecule has 1 N–H and O–H groups in total. The van der Waals surface area contributed by atoms with Crippen LogP contribution in [0.25, 0.3) is 0 Å². The molecule has 0 aromatic heterocycles. The number of hydrogen-bond donors (Lipinski definition) is 1. The van der Waals surface area contributed by atoms with Crippen molar-refractivity contribution in [2.75, 3.05) is 32.0 Å². The molecule has 0 radical (unpaired) electrons. The van der Waals surface area contributed by atoms with Crippen LogP contribution in [0.5, 0.6) is 5.75 Å². The SMILES string of the molecule is CN1CCCC(Oc2ccc3c(c2)NCC3)C1. The fourth-order valence-corrected chi connectivity index (χ4v) is 2.75. The Balaban J connectivity index is 1.68. The van der Waals surface area contributed by atoms with Gasteiger partial charge in [-0.05, 0) is 44.5 Å². The number of likely N-dealkylation sites (N-methyl/N-ethyl adjacent to an activating group) is 1. The zero-order valence-electron chi connectivity index (χ0n) is 10.4. The van der Waals surface area contributed by atoms with Crippen molar-refractivity contribution in [1.29, 1.82) is 0 Å². The summed E-state index contributed by atoms with van der Waals surface area (Å²) >= 11 is 0. The minimum atomic E-state index is 0.355. The average Bonchev–Trinajstić information content (AvgIpc) is 2.76. The second-order valence-electron chi connectivity index (χ2n) is 5.14. The van der Waals surface area contributed by atoms with E-state index in [0.717, 1.165) is 25.3 Å². The van der Waals surface area contributed by atoms with Crippen LogP contribution in [0.2, 0.25) is 0 Å². The molecule has 1 fully saturated rings. The standard InChI is InChI=1S/C14H20N2O/c1-16-8-2-3-13(10-16)17-12-5-4-11-6-7-15-14(11)9-12/h4-5,9,13,15H,2-3,6-8,10H2,1H3. The minimum absolute atomic E-state index is 0.355. The van der Waals surface area contributed by atoms with Gasteiger partial charge in [0.15, 0.2) is 0 Å². The summed E-state index contributed by atoms with van der Waals surface area (Å²) in [5.41, 5.74) is 2.67. The van der Waals surface area contributed by atoms with Crippen molar-refractivity contribution in [3.05, 3.63) is 23.8 Å². The molecule has 1 atom stereocenters. The van der Waals surface area contributed by atoms with E-state index in [4.69, 9.17) is 4.74 Å². The molecule has 17 heavy (non-hydrogen) atoms. The zero-order valence-corrected chi connectivity index (χ0v) is 10.4. The Hall–Kier alpha value is -1.22. The molecule has 3 heteroatoms. The van der Waals surface area contributed by atoms with Gasteiger partial charge in [0.05, 0.1) is 0 Å². The fraction of sp³-hybridized carbons (Fsp3) is 0.571. The predicted molar refractivity (Wildman–Crippen MR) is 69.8 cm³/mol. The zero-order chi connectivity index (χ0) is 11.7. The quantitative estimate of drug-likeness (QED) is 0.845. The largest absolute Gasteiger partial charge is 0.489 e. The first kappa shape index (κ1) is 10.9. The number of anilines is 1. The number of piperidine rings is 1. The van der Waals surface area contributed by atoms with E-state index >= 15 is 0 Å². The van der Waals surface area contributed by atoms with Crippen LogP contribution < -0.4 is 10.1 Å². The molecule has 92 valence electrons. The molecule has 2 heterocycles. The van der Waals surface area contributed by atoms with Crippen molar-refractivity contribution < 1.29 is 4.74 Å². The van der Waals surface area contributed by atoms with Gasteiger partial charge in [0, 0.05) is 24.8 Å². The van der Waals surface area contributed by atoms with Crippen LogP contribution in [-0.4, -0.2) is 37.7 Å². The van der Waals surface area contributed by atoms with Gasteiger partial charge in [-0.15, -0.1) is 0 Å². The third kappa shape index (κ3) is 2.39. The second-order valence-corrected chi connectivity index (χ2v) is 5.14. The van der Waals surface area contributed by atoms with E-state index in [0.29, 0.717) is 6.10 Å². The van der Waals surface area contributed by atoms with E-state index in [1.54, 1.807) is 0 Å². The van der Waals surface area contributed by atoms with Crippen molar-refractivity contribution in [3.63, 3.8) is 0 Å². The molecule has 1 aromatic rings. The van der Waals surface area contributed by atoms with Gasteiger partial charge in [0.1, 0.15) is 11.9 Å². The van der Waals surface area contributed by atoms with Crippen LogP contribution in [0, 0.1) is 0 Å². The minimum Gasteiger partial charge on any atom is -0.489 e. The highest BCUT2D eigenvalue weighted by molar-refractivity contribution is 5.58. The molecule has 2 aliphatic rings. The summed E-state index contributed by atoms with van der Waals surface area (Å²) < 4.78 is 6.07. The number of nitrogens with one attached hydrogen (secondary N) is 1. The first-order valence-corrected chi connectivity index (χ1v) is 6.53. The fourth-order valence-electron chi connectivity index (χ4n) is 2.75. The molecule has 3 nitrogen and oxygen atoms in total. The molecule has 1 aromatic carbocycles. The predicted octanol–water partition coefficient (Wildman–Crippen LogP) is 2.13.